The number of benzene rings is 1. The van der Waals surface area contributed by atoms with Gasteiger partial charge in [-0.3, -0.25) is 9.59 Å². The Bertz CT molecular complexity index is 881. The van der Waals surface area contributed by atoms with Gasteiger partial charge >= 0.3 is 0 Å². The van der Waals surface area contributed by atoms with Gasteiger partial charge in [-0.2, -0.15) is 0 Å². The molecule has 27 heavy (non-hydrogen) atoms. The lowest BCUT2D eigenvalue weighted by Gasteiger charge is -2.34. The number of rotatable bonds is 4. The van der Waals surface area contributed by atoms with Gasteiger partial charge in [-0.15, -0.1) is 11.3 Å². The minimum absolute atomic E-state index is 0.00119. The largest absolute Gasteiger partial charge is 0.491 e. The van der Waals surface area contributed by atoms with E-state index in [4.69, 9.17) is 4.74 Å². The van der Waals surface area contributed by atoms with Crippen LogP contribution in [0.2, 0.25) is 0 Å². The summed E-state index contributed by atoms with van der Waals surface area (Å²) in [6.07, 6.45) is 1.67. The first-order valence-corrected chi connectivity index (χ1v) is 10.3. The summed E-state index contributed by atoms with van der Waals surface area (Å²) in [6, 6.07) is 12.0. The Balaban J connectivity index is 1.60. The number of amides is 1. The van der Waals surface area contributed by atoms with Gasteiger partial charge in [-0.1, -0.05) is 18.2 Å². The van der Waals surface area contributed by atoms with Crippen LogP contribution in [0.25, 0.3) is 0 Å². The molecule has 2 aliphatic rings. The topological polar surface area (TPSA) is 55.4 Å². The molecular formula is C22H23NO3S. The SMILES string of the molecule is CC(C)Oc1ccc([C@@H]2CC(=O)C3=C(C2)NC(=O)C[C@H]3c2cccs2)cc1. The van der Waals surface area contributed by atoms with Crippen LogP contribution in [0.15, 0.2) is 53.0 Å². The molecule has 4 rings (SSSR count). The Morgan fingerprint density at radius 3 is 2.52 bits per heavy atom. The highest BCUT2D eigenvalue weighted by atomic mass is 32.1. The van der Waals surface area contributed by atoms with Gasteiger partial charge in [-0.05, 0) is 55.3 Å². The molecule has 5 heteroatoms. The van der Waals surface area contributed by atoms with Gasteiger partial charge in [0.1, 0.15) is 5.75 Å². The number of hydrogen-bond acceptors (Lipinski definition) is 4. The molecule has 0 bridgehead atoms. The zero-order chi connectivity index (χ0) is 19.0. The molecule has 1 aliphatic carbocycles. The number of carbonyl (C=O) groups excluding carboxylic acids is 2. The maximum atomic E-state index is 13.0. The normalized spacial score (nSPS) is 22.6. The molecule has 0 radical (unpaired) electrons. The summed E-state index contributed by atoms with van der Waals surface area (Å²) in [5.41, 5.74) is 2.74. The highest BCUT2D eigenvalue weighted by Crippen LogP contribution is 2.43. The highest BCUT2D eigenvalue weighted by molar-refractivity contribution is 7.10. The lowest BCUT2D eigenvalue weighted by molar-refractivity contribution is -0.122. The predicted octanol–water partition coefficient (Wildman–Crippen LogP) is 4.54. The van der Waals surface area contributed by atoms with E-state index in [2.05, 4.69) is 5.32 Å². The van der Waals surface area contributed by atoms with E-state index in [9.17, 15) is 9.59 Å². The first-order valence-electron chi connectivity index (χ1n) is 9.37. The van der Waals surface area contributed by atoms with Crippen molar-refractivity contribution in [2.24, 2.45) is 0 Å². The molecule has 0 unspecified atom stereocenters. The van der Waals surface area contributed by atoms with Crippen molar-refractivity contribution < 1.29 is 14.3 Å². The minimum atomic E-state index is -0.0935. The molecule has 0 spiro atoms. The molecule has 1 aromatic heterocycles. The van der Waals surface area contributed by atoms with Crippen LogP contribution in [0.3, 0.4) is 0 Å². The second-order valence-corrected chi connectivity index (χ2v) is 8.46. The Labute approximate surface area is 163 Å². The van der Waals surface area contributed by atoms with Gasteiger partial charge in [0.05, 0.1) is 6.10 Å². The van der Waals surface area contributed by atoms with Gasteiger partial charge < -0.3 is 10.1 Å². The summed E-state index contributed by atoms with van der Waals surface area (Å²) in [5, 5.41) is 4.98. The van der Waals surface area contributed by atoms with E-state index in [1.807, 2.05) is 55.6 Å². The third-order valence-corrected chi connectivity index (χ3v) is 6.13. The van der Waals surface area contributed by atoms with Crippen LogP contribution in [0, 0.1) is 0 Å². The van der Waals surface area contributed by atoms with Crippen LogP contribution in [-0.2, 0) is 9.59 Å². The van der Waals surface area contributed by atoms with Crippen LogP contribution in [0.4, 0.5) is 0 Å². The molecule has 1 amide bonds. The van der Waals surface area contributed by atoms with Gasteiger partial charge in [0.2, 0.25) is 5.91 Å². The van der Waals surface area contributed by atoms with Crippen molar-refractivity contribution in [3.8, 4) is 5.75 Å². The zero-order valence-corrected chi connectivity index (χ0v) is 16.3. The average molecular weight is 381 g/mol. The minimum Gasteiger partial charge on any atom is -0.491 e. The standard InChI is InChI=1S/C22H23NO3S/c1-13(2)26-16-7-5-14(6-8-16)15-10-18-22(19(24)11-15)17(12-21(25)23-18)20-4-3-9-27-20/h3-9,13,15,17H,10-12H2,1-2H3,(H,23,25)/t15-,17-/m0/s1. The molecule has 2 heterocycles. The monoisotopic (exact) mass is 381 g/mol. The van der Waals surface area contributed by atoms with Crippen molar-refractivity contribution in [1.82, 2.24) is 5.32 Å². The molecule has 2 atom stereocenters. The van der Waals surface area contributed by atoms with Crippen molar-refractivity contribution in [2.45, 2.75) is 51.0 Å². The quantitative estimate of drug-likeness (QED) is 0.846. The molecule has 140 valence electrons. The maximum absolute atomic E-state index is 13.0. The van der Waals surface area contributed by atoms with Crippen LogP contribution in [0.1, 0.15) is 55.4 Å². The van der Waals surface area contributed by atoms with Crippen LogP contribution in [0.5, 0.6) is 5.75 Å². The number of hydrogen-bond donors (Lipinski definition) is 1. The Morgan fingerprint density at radius 2 is 1.85 bits per heavy atom. The Kier molecular flexibility index (Phi) is 4.87. The van der Waals surface area contributed by atoms with Crippen molar-refractivity contribution >= 4 is 23.0 Å². The third kappa shape index (κ3) is 3.69. The van der Waals surface area contributed by atoms with E-state index in [1.165, 1.54) is 0 Å². The van der Waals surface area contributed by atoms with Crippen molar-refractivity contribution in [3.05, 3.63) is 63.5 Å². The fourth-order valence-electron chi connectivity index (χ4n) is 4.02. The number of nitrogens with one attached hydrogen (secondary N) is 1. The van der Waals surface area contributed by atoms with Crippen molar-refractivity contribution in [3.63, 3.8) is 0 Å². The number of thiophene rings is 1. The molecule has 2 aromatic rings. The second-order valence-electron chi connectivity index (χ2n) is 7.48. The molecule has 0 fully saturated rings. The summed E-state index contributed by atoms with van der Waals surface area (Å²) < 4.78 is 5.70. The molecule has 0 saturated heterocycles. The second kappa shape index (κ2) is 7.31. The first kappa shape index (κ1) is 18.0. The smallest absolute Gasteiger partial charge is 0.225 e. The fourth-order valence-corrected chi connectivity index (χ4v) is 4.86. The Morgan fingerprint density at radius 1 is 1.07 bits per heavy atom. The third-order valence-electron chi connectivity index (χ3n) is 5.15. The first-order chi connectivity index (χ1) is 13.0. The molecule has 4 nitrogen and oxygen atoms in total. The lowest BCUT2D eigenvalue weighted by atomic mass is 9.75. The summed E-state index contributed by atoms with van der Waals surface area (Å²) in [4.78, 5) is 26.4. The van der Waals surface area contributed by atoms with Crippen molar-refractivity contribution in [2.75, 3.05) is 0 Å². The van der Waals surface area contributed by atoms with E-state index in [-0.39, 0.29) is 29.6 Å². The van der Waals surface area contributed by atoms with Gasteiger partial charge in [0.15, 0.2) is 5.78 Å². The molecular weight excluding hydrogens is 358 g/mol. The molecule has 1 aliphatic heterocycles. The maximum Gasteiger partial charge on any atom is 0.225 e. The number of Topliss-reactive ketones (excluding diaryl/α,β-unsaturated/α-hetero) is 1. The van der Waals surface area contributed by atoms with Gasteiger partial charge in [0, 0.05) is 34.9 Å². The van der Waals surface area contributed by atoms with Crippen molar-refractivity contribution in [1.29, 1.82) is 0 Å². The highest BCUT2D eigenvalue weighted by Gasteiger charge is 2.38. The van der Waals surface area contributed by atoms with Crippen LogP contribution >= 0.6 is 11.3 Å². The summed E-state index contributed by atoms with van der Waals surface area (Å²) >= 11 is 1.61. The number of ether oxygens (including phenoxy) is 1. The number of carbonyl (C=O) groups is 2. The Hall–Kier alpha value is -2.40. The molecule has 0 saturated carbocycles. The number of allylic oxidation sites excluding steroid dienone is 2. The zero-order valence-electron chi connectivity index (χ0n) is 15.5. The fraction of sp³-hybridized carbons (Fsp3) is 0.364. The van der Waals surface area contributed by atoms with E-state index >= 15 is 0 Å². The summed E-state index contributed by atoms with van der Waals surface area (Å²) in [7, 11) is 0. The van der Waals surface area contributed by atoms with Crippen LogP contribution < -0.4 is 10.1 Å². The summed E-state index contributed by atoms with van der Waals surface area (Å²) in [5.74, 6) is 0.985. The molecule has 1 aromatic carbocycles. The van der Waals surface area contributed by atoms with Gasteiger partial charge in [-0.25, -0.2) is 0 Å². The number of ketones is 1. The van der Waals surface area contributed by atoms with Gasteiger partial charge in [0.25, 0.3) is 0 Å². The molecule has 1 N–H and O–H groups in total. The van der Waals surface area contributed by atoms with E-state index in [1.54, 1.807) is 11.3 Å². The van der Waals surface area contributed by atoms with E-state index < -0.39 is 0 Å². The summed E-state index contributed by atoms with van der Waals surface area (Å²) in [6.45, 7) is 4.00. The lowest BCUT2D eigenvalue weighted by Crippen LogP contribution is -2.37. The van der Waals surface area contributed by atoms with E-state index in [0.29, 0.717) is 19.3 Å². The predicted molar refractivity (Wildman–Crippen MR) is 106 cm³/mol. The van der Waals surface area contributed by atoms with E-state index in [0.717, 1.165) is 27.5 Å². The van der Waals surface area contributed by atoms with Crippen LogP contribution in [-0.4, -0.2) is 17.8 Å². The average Bonchev–Trinajstić information content (AvgIpc) is 3.15.